The first kappa shape index (κ1) is 14.5. The van der Waals surface area contributed by atoms with Gasteiger partial charge in [-0.05, 0) is 25.3 Å². The van der Waals surface area contributed by atoms with E-state index in [9.17, 15) is 9.59 Å². The summed E-state index contributed by atoms with van der Waals surface area (Å²) < 4.78 is 1.53. The van der Waals surface area contributed by atoms with E-state index in [1.807, 2.05) is 31.2 Å². The SMILES string of the molecule is Cc1ccc(CN(C(=O)C(=O)c2cnn(C)c2)C2CC2)cc1. The first-order valence-corrected chi connectivity index (χ1v) is 7.44. The van der Waals surface area contributed by atoms with Crippen molar-refractivity contribution in [2.75, 3.05) is 0 Å². The van der Waals surface area contributed by atoms with Gasteiger partial charge < -0.3 is 4.90 Å². The van der Waals surface area contributed by atoms with Crippen LogP contribution in [0, 0.1) is 6.92 Å². The smallest absolute Gasteiger partial charge is 0.295 e. The van der Waals surface area contributed by atoms with Gasteiger partial charge in [0.1, 0.15) is 0 Å². The number of ketones is 1. The van der Waals surface area contributed by atoms with Crippen LogP contribution in [0.2, 0.25) is 0 Å². The van der Waals surface area contributed by atoms with Gasteiger partial charge in [-0.25, -0.2) is 0 Å². The number of Topliss-reactive ketones (excluding diaryl/α,β-unsaturated/α-hetero) is 1. The highest BCUT2D eigenvalue weighted by Gasteiger charge is 2.36. The average molecular weight is 297 g/mol. The summed E-state index contributed by atoms with van der Waals surface area (Å²) in [5.74, 6) is -0.914. The number of aromatic nitrogens is 2. The Bertz CT molecular complexity index is 699. The predicted molar refractivity (Wildman–Crippen MR) is 82.3 cm³/mol. The number of benzene rings is 1. The Labute approximate surface area is 129 Å². The van der Waals surface area contributed by atoms with Gasteiger partial charge in [0.2, 0.25) is 0 Å². The third-order valence-electron chi connectivity index (χ3n) is 3.88. The monoisotopic (exact) mass is 297 g/mol. The number of carbonyl (C=O) groups is 2. The highest BCUT2D eigenvalue weighted by Crippen LogP contribution is 2.29. The minimum absolute atomic E-state index is 0.189. The van der Waals surface area contributed by atoms with Crippen LogP contribution in [0.25, 0.3) is 0 Å². The molecule has 5 nitrogen and oxygen atoms in total. The first-order valence-electron chi connectivity index (χ1n) is 7.44. The molecule has 1 aromatic carbocycles. The van der Waals surface area contributed by atoms with Crippen LogP contribution in [0.3, 0.4) is 0 Å². The molecule has 0 N–H and O–H groups in total. The Morgan fingerprint density at radius 1 is 1.27 bits per heavy atom. The van der Waals surface area contributed by atoms with Crippen molar-refractivity contribution in [2.24, 2.45) is 7.05 Å². The van der Waals surface area contributed by atoms with Crippen LogP contribution in [0.4, 0.5) is 0 Å². The first-order chi connectivity index (χ1) is 10.5. The van der Waals surface area contributed by atoms with Gasteiger partial charge in [0.15, 0.2) is 0 Å². The van der Waals surface area contributed by atoms with Crippen LogP contribution in [0.5, 0.6) is 0 Å². The Balaban J connectivity index is 1.77. The topological polar surface area (TPSA) is 55.2 Å². The molecule has 0 atom stereocenters. The molecule has 1 fully saturated rings. The van der Waals surface area contributed by atoms with Crippen LogP contribution in [0.15, 0.2) is 36.7 Å². The fraction of sp³-hybridized carbons (Fsp3) is 0.353. The second-order valence-electron chi connectivity index (χ2n) is 5.88. The Hall–Kier alpha value is -2.43. The van der Waals surface area contributed by atoms with E-state index in [-0.39, 0.29) is 6.04 Å². The van der Waals surface area contributed by atoms with E-state index >= 15 is 0 Å². The lowest BCUT2D eigenvalue weighted by molar-refractivity contribution is -0.127. The van der Waals surface area contributed by atoms with Crippen molar-refractivity contribution < 1.29 is 9.59 Å². The summed E-state index contributed by atoms with van der Waals surface area (Å²) in [6, 6.07) is 8.25. The van der Waals surface area contributed by atoms with Crippen molar-refractivity contribution in [3.05, 3.63) is 53.3 Å². The third kappa shape index (κ3) is 3.08. The zero-order chi connectivity index (χ0) is 15.7. The van der Waals surface area contributed by atoms with Gasteiger partial charge in [-0.3, -0.25) is 14.3 Å². The molecule has 3 rings (SSSR count). The van der Waals surface area contributed by atoms with E-state index in [0.717, 1.165) is 18.4 Å². The predicted octanol–water partition coefficient (Wildman–Crippen LogP) is 2.10. The minimum Gasteiger partial charge on any atom is -0.328 e. The zero-order valence-electron chi connectivity index (χ0n) is 12.8. The summed E-state index contributed by atoms with van der Waals surface area (Å²) >= 11 is 0. The molecule has 2 aromatic rings. The van der Waals surface area contributed by atoms with E-state index in [2.05, 4.69) is 5.10 Å². The molecule has 5 heteroatoms. The molecule has 1 aromatic heterocycles. The van der Waals surface area contributed by atoms with Gasteiger partial charge >= 0.3 is 0 Å². The second kappa shape index (κ2) is 5.75. The van der Waals surface area contributed by atoms with Crippen LogP contribution in [-0.2, 0) is 18.4 Å². The molecule has 114 valence electrons. The Morgan fingerprint density at radius 2 is 1.95 bits per heavy atom. The minimum atomic E-state index is -0.480. The fourth-order valence-corrected chi connectivity index (χ4v) is 2.44. The second-order valence-corrected chi connectivity index (χ2v) is 5.88. The van der Waals surface area contributed by atoms with Gasteiger partial charge in [-0.1, -0.05) is 29.8 Å². The number of rotatable bonds is 5. The number of hydrogen-bond acceptors (Lipinski definition) is 3. The molecular formula is C17H19N3O2. The molecule has 1 amide bonds. The molecular weight excluding hydrogens is 278 g/mol. The lowest BCUT2D eigenvalue weighted by atomic mass is 10.1. The summed E-state index contributed by atoms with van der Waals surface area (Å²) in [7, 11) is 1.73. The van der Waals surface area contributed by atoms with Crippen LogP contribution in [0.1, 0.15) is 34.3 Å². The van der Waals surface area contributed by atoms with Gasteiger partial charge in [-0.15, -0.1) is 0 Å². The van der Waals surface area contributed by atoms with Crippen LogP contribution < -0.4 is 0 Å². The van der Waals surface area contributed by atoms with Crippen molar-refractivity contribution in [3.8, 4) is 0 Å². The Morgan fingerprint density at radius 3 is 2.50 bits per heavy atom. The largest absolute Gasteiger partial charge is 0.328 e. The van der Waals surface area contributed by atoms with Gasteiger partial charge in [0.05, 0.1) is 11.8 Å². The molecule has 0 radical (unpaired) electrons. The van der Waals surface area contributed by atoms with E-state index in [1.54, 1.807) is 18.1 Å². The maximum Gasteiger partial charge on any atom is 0.295 e. The van der Waals surface area contributed by atoms with Gasteiger partial charge in [0, 0.05) is 25.8 Å². The number of carbonyl (C=O) groups excluding carboxylic acids is 2. The zero-order valence-corrected chi connectivity index (χ0v) is 12.8. The lowest BCUT2D eigenvalue weighted by Crippen LogP contribution is -2.37. The van der Waals surface area contributed by atoms with Gasteiger partial charge in [-0.2, -0.15) is 5.10 Å². The molecule has 0 unspecified atom stereocenters. The average Bonchev–Trinajstić information content (AvgIpc) is 3.26. The number of hydrogen-bond donors (Lipinski definition) is 0. The van der Waals surface area contributed by atoms with E-state index < -0.39 is 11.7 Å². The fourth-order valence-electron chi connectivity index (χ4n) is 2.44. The van der Waals surface area contributed by atoms with Crippen LogP contribution in [-0.4, -0.2) is 32.4 Å². The molecule has 1 aliphatic carbocycles. The standard InChI is InChI=1S/C17H19N3O2/c1-12-3-5-13(6-4-12)10-20(15-7-8-15)17(22)16(21)14-9-18-19(2)11-14/h3-6,9,11,15H,7-8,10H2,1-2H3. The maximum atomic E-state index is 12.5. The van der Waals surface area contributed by atoms with E-state index in [0.29, 0.717) is 12.1 Å². The summed E-state index contributed by atoms with van der Waals surface area (Å²) in [6.07, 6.45) is 4.96. The quantitative estimate of drug-likeness (QED) is 0.627. The number of aryl methyl sites for hydroxylation is 2. The van der Waals surface area contributed by atoms with Crippen LogP contribution >= 0.6 is 0 Å². The number of amides is 1. The van der Waals surface area contributed by atoms with Gasteiger partial charge in [0.25, 0.3) is 11.7 Å². The van der Waals surface area contributed by atoms with Crippen molar-refractivity contribution in [3.63, 3.8) is 0 Å². The van der Waals surface area contributed by atoms with Crippen molar-refractivity contribution in [1.82, 2.24) is 14.7 Å². The summed E-state index contributed by atoms with van der Waals surface area (Å²) in [5, 5.41) is 3.96. The Kier molecular flexibility index (Phi) is 3.79. The lowest BCUT2D eigenvalue weighted by Gasteiger charge is -2.21. The van der Waals surface area contributed by atoms with Crippen molar-refractivity contribution >= 4 is 11.7 Å². The number of nitrogens with zero attached hydrogens (tertiary/aromatic N) is 3. The molecule has 0 spiro atoms. The molecule has 0 saturated heterocycles. The summed E-state index contributed by atoms with van der Waals surface area (Å²) in [6.45, 7) is 2.51. The molecule has 22 heavy (non-hydrogen) atoms. The maximum absolute atomic E-state index is 12.5. The summed E-state index contributed by atoms with van der Waals surface area (Å²) in [5.41, 5.74) is 2.58. The molecule has 0 bridgehead atoms. The highest BCUT2D eigenvalue weighted by molar-refractivity contribution is 6.42. The normalized spacial score (nSPS) is 13.9. The van der Waals surface area contributed by atoms with E-state index in [1.165, 1.54) is 16.4 Å². The summed E-state index contributed by atoms with van der Waals surface area (Å²) in [4.78, 5) is 26.6. The van der Waals surface area contributed by atoms with Crippen molar-refractivity contribution in [2.45, 2.75) is 32.4 Å². The van der Waals surface area contributed by atoms with Crippen molar-refractivity contribution in [1.29, 1.82) is 0 Å². The molecule has 0 aliphatic heterocycles. The molecule has 1 saturated carbocycles. The third-order valence-corrected chi connectivity index (χ3v) is 3.88. The molecule has 1 heterocycles. The molecule has 1 aliphatic rings. The van der Waals surface area contributed by atoms with E-state index in [4.69, 9.17) is 0 Å². The highest BCUT2D eigenvalue weighted by atomic mass is 16.2.